The Kier molecular flexibility index (Phi) is 7.85. The first kappa shape index (κ1) is 20.6. The molecule has 0 spiro atoms. The number of methoxy groups -OCH3 is 2. The molecular weight excluding hydrogens is 354 g/mol. The summed E-state index contributed by atoms with van der Waals surface area (Å²) in [6.07, 6.45) is 2.99. The number of benzene rings is 1. The van der Waals surface area contributed by atoms with Crippen molar-refractivity contribution in [2.24, 2.45) is 11.8 Å². The van der Waals surface area contributed by atoms with Crippen LogP contribution < -0.4 is 25.0 Å². The molecule has 26 heavy (non-hydrogen) atoms. The molecule has 2 N–H and O–H groups in total. The first-order chi connectivity index (χ1) is 12.2. The largest absolute Gasteiger partial charge is 0.497 e. The van der Waals surface area contributed by atoms with Crippen LogP contribution in [0.25, 0.3) is 0 Å². The average molecular weight is 384 g/mol. The number of ether oxygens (including phenoxy) is 2. The fraction of sp³-hybridized carbons (Fsp3) is 0.632. The number of hydrogen-bond acceptors (Lipinski definition) is 5. The lowest BCUT2D eigenvalue weighted by Crippen LogP contribution is -2.40. The van der Waals surface area contributed by atoms with Crippen LogP contribution >= 0.6 is 12.4 Å². The zero-order valence-electron chi connectivity index (χ0n) is 15.6. The van der Waals surface area contributed by atoms with Crippen LogP contribution in [0, 0.1) is 11.8 Å². The van der Waals surface area contributed by atoms with Gasteiger partial charge in [0, 0.05) is 49.4 Å². The number of nitrogens with zero attached hydrogens (tertiary/aromatic N) is 1. The Bertz CT molecular complexity index is 571. The molecule has 1 aromatic carbocycles. The van der Waals surface area contributed by atoms with Crippen LogP contribution in [0.1, 0.15) is 19.3 Å². The average Bonchev–Trinajstić information content (AvgIpc) is 3.15. The van der Waals surface area contributed by atoms with Crippen LogP contribution in [0.2, 0.25) is 0 Å². The summed E-state index contributed by atoms with van der Waals surface area (Å²) < 4.78 is 10.7. The Morgan fingerprint density at radius 3 is 2.42 bits per heavy atom. The number of carbonyl (C=O) groups excluding carboxylic acids is 1. The maximum atomic E-state index is 12.3. The van der Waals surface area contributed by atoms with E-state index in [2.05, 4.69) is 15.5 Å². The molecule has 0 saturated carbocycles. The molecule has 2 saturated heterocycles. The van der Waals surface area contributed by atoms with Gasteiger partial charge in [-0.25, -0.2) is 0 Å². The first-order valence-electron chi connectivity index (χ1n) is 9.16. The van der Waals surface area contributed by atoms with E-state index < -0.39 is 0 Å². The van der Waals surface area contributed by atoms with Gasteiger partial charge in [-0.2, -0.15) is 0 Å². The monoisotopic (exact) mass is 383 g/mol. The molecule has 1 unspecified atom stereocenters. The molecule has 7 heteroatoms. The highest BCUT2D eigenvalue weighted by Gasteiger charge is 2.26. The molecular formula is C19H30ClN3O3. The van der Waals surface area contributed by atoms with Crippen molar-refractivity contribution in [1.82, 2.24) is 10.6 Å². The molecule has 0 aromatic heterocycles. The molecule has 3 rings (SSSR count). The van der Waals surface area contributed by atoms with Gasteiger partial charge in [0.25, 0.3) is 0 Å². The fourth-order valence-corrected chi connectivity index (χ4v) is 3.68. The van der Waals surface area contributed by atoms with E-state index in [0.29, 0.717) is 5.92 Å². The molecule has 1 atom stereocenters. The third-order valence-electron chi connectivity index (χ3n) is 5.26. The number of halogens is 1. The summed E-state index contributed by atoms with van der Waals surface area (Å²) in [7, 11) is 3.34. The van der Waals surface area contributed by atoms with Gasteiger partial charge >= 0.3 is 0 Å². The van der Waals surface area contributed by atoms with E-state index in [1.54, 1.807) is 14.2 Å². The SMILES string of the molecule is COc1cc(OC)cc(N2CCC(CNC(=O)C3CCNCC3)C2)c1.Cl. The van der Waals surface area contributed by atoms with Crippen molar-refractivity contribution in [3.63, 3.8) is 0 Å². The molecule has 2 heterocycles. The summed E-state index contributed by atoms with van der Waals surface area (Å²) >= 11 is 0. The number of amides is 1. The Morgan fingerprint density at radius 1 is 1.15 bits per heavy atom. The fourth-order valence-electron chi connectivity index (χ4n) is 3.68. The predicted molar refractivity (Wildman–Crippen MR) is 106 cm³/mol. The normalized spacial score (nSPS) is 20.4. The van der Waals surface area contributed by atoms with Gasteiger partial charge in [-0.05, 0) is 38.3 Å². The minimum Gasteiger partial charge on any atom is -0.497 e. The zero-order valence-corrected chi connectivity index (χ0v) is 16.4. The number of piperidine rings is 1. The van der Waals surface area contributed by atoms with Crippen LogP contribution in [0.5, 0.6) is 11.5 Å². The molecule has 2 aliphatic heterocycles. The summed E-state index contributed by atoms with van der Waals surface area (Å²) in [5.41, 5.74) is 1.11. The maximum Gasteiger partial charge on any atom is 0.223 e. The van der Waals surface area contributed by atoms with Crippen molar-refractivity contribution in [2.45, 2.75) is 19.3 Å². The van der Waals surface area contributed by atoms with Gasteiger partial charge in [-0.15, -0.1) is 12.4 Å². The Hall–Kier alpha value is -1.66. The van der Waals surface area contributed by atoms with Crippen molar-refractivity contribution in [2.75, 3.05) is 51.8 Å². The van der Waals surface area contributed by atoms with E-state index in [9.17, 15) is 4.79 Å². The van der Waals surface area contributed by atoms with E-state index in [1.807, 2.05) is 18.2 Å². The number of nitrogens with one attached hydrogen (secondary N) is 2. The predicted octanol–water partition coefficient (Wildman–Crippen LogP) is 2.07. The second kappa shape index (κ2) is 9.88. The second-order valence-corrected chi connectivity index (χ2v) is 6.94. The molecule has 0 aliphatic carbocycles. The zero-order chi connectivity index (χ0) is 17.6. The molecule has 146 valence electrons. The number of hydrogen-bond donors (Lipinski definition) is 2. The molecule has 2 fully saturated rings. The minimum absolute atomic E-state index is 0. The molecule has 1 amide bonds. The van der Waals surface area contributed by atoms with Crippen molar-refractivity contribution in [3.8, 4) is 11.5 Å². The quantitative estimate of drug-likeness (QED) is 0.787. The van der Waals surface area contributed by atoms with Crippen LogP contribution in [0.3, 0.4) is 0 Å². The first-order valence-corrected chi connectivity index (χ1v) is 9.16. The maximum absolute atomic E-state index is 12.3. The molecule has 0 bridgehead atoms. The van der Waals surface area contributed by atoms with E-state index in [-0.39, 0.29) is 24.2 Å². The topological polar surface area (TPSA) is 62.8 Å². The Labute approximate surface area is 162 Å². The van der Waals surface area contributed by atoms with Crippen LogP contribution in [-0.2, 0) is 4.79 Å². The highest BCUT2D eigenvalue weighted by molar-refractivity contribution is 5.85. The second-order valence-electron chi connectivity index (χ2n) is 6.94. The summed E-state index contributed by atoms with van der Waals surface area (Å²) in [6.45, 7) is 4.60. The van der Waals surface area contributed by atoms with Gasteiger partial charge in [0.2, 0.25) is 5.91 Å². The highest BCUT2D eigenvalue weighted by atomic mass is 35.5. The minimum atomic E-state index is 0. The van der Waals surface area contributed by atoms with Crippen molar-refractivity contribution < 1.29 is 14.3 Å². The van der Waals surface area contributed by atoms with Crippen LogP contribution in [0.4, 0.5) is 5.69 Å². The summed E-state index contributed by atoms with van der Waals surface area (Å²) in [4.78, 5) is 14.6. The summed E-state index contributed by atoms with van der Waals surface area (Å²) in [6, 6.07) is 5.97. The van der Waals surface area contributed by atoms with Crippen molar-refractivity contribution in [1.29, 1.82) is 0 Å². The molecule has 6 nitrogen and oxygen atoms in total. The van der Waals surface area contributed by atoms with E-state index in [1.165, 1.54) is 0 Å². The third-order valence-corrected chi connectivity index (χ3v) is 5.26. The Balaban J connectivity index is 0.00000243. The molecule has 2 aliphatic rings. The summed E-state index contributed by atoms with van der Waals surface area (Å²) in [5, 5.41) is 6.47. The van der Waals surface area contributed by atoms with E-state index in [0.717, 1.165) is 69.2 Å². The van der Waals surface area contributed by atoms with Gasteiger partial charge < -0.3 is 25.0 Å². The van der Waals surface area contributed by atoms with Crippen LogP contribution in [0.15, 0.2) is 18.2 Å². The summed E-state index contributed by atoms with van der Waals surface area (Å²) in [5.74, 6) is 2.50. The van der Waals surface area contributed by atoms with Crippen molar-refractivity contribution in [3.05, 3.63) is 18.2 Å². The third kappa shape index (κ3) is 5.17. The standard InChI is InChI=1S/C19H29N3O3.ClH/c1-24-17-9-16(10-18(11-17)25-2)22-8-5-14(13-22)12-21-19(23)15-3-6-20-7-4-15;/h9-11,14-15,20H,3-8,12-13H2,1-2H3,(H,21,23);1H. The van der Waals surface area contributed by atoms with Gasteiger partial charge in [0.1, 0.15) is 11.5 Å². The number of anilines is 1. The van der Waals surface area contributed by atoms with Gasteiger partial charge in [0.05, 0.1) is 14.2 Å². The lowest BCUT2D eigenvalue weighted by atomic mass is 9.97. The van der Waals surface area contributed by atoms with Gasteiger partial charge in [0.15, 0.2) is 0 Å². The lowest BCUT2D eigenvalue weighted by Gasteiger charge is -2.23. The smallest absolute Gasteiger partial charge is 0.223 e. The number of carbonyl (C=O) groups is 1. The van der Waals surface area contributed by atoms with E-state index in [4.69, 9.17) is 9.47 Å². The van der Waals surface area contributed by atoms with Gasteiger partial charge in [-0.3, -0.25) is 4.79 Å². The van der Waals surface area contributed by atoms with Crippen LogP contribution in [-0.4, -0.2) is 52.9 Å². The highest BCUT2D eigenvalue weighted by Crippen LogP contribution is 2.31. The van der Waals surface area contributed by atoms with Gasteiger partial charge in [-0.1, -0.05) is 0 Å². The van der Waals surface area contributed by atoms with Crippen molar-refractivity contribution >= 4 is 24.0 Å². The molecule has 0 radical (unpaired) electrons. The van der Waals surface area contributed by atoms with E-state index >= 15 is 0 Å². The molecule has 1 aromatic rings. The number of rotatable bonds is 6. The Morgan fingerprint density at radius 2 is 1.81 bits per heavy atom. The lowest BCUT2D eigenvalue weighted by molar-refractivity contribution is -0.125.